The highest BCUT2D eigenvalue weighted by atomic mass is 32.2. The van der Waals surface area contributed by atoms with Crippen molar-refractivity contribution in [2.45, 2.75) is 30.6 Å². The van der Waals surface area contributed by atoms with Crippen molar-refractivity contribution >= 4 is 15.7 Å². The standard InChI is InChI=1S/C13H19FN2O3S/c14-10-5-11(15)7-12(6-10)20(18,19)16-8-13(9-17)3-1-2-4-13/h5-7,16-17H,1-4,8-9,15H2. The van der Waals surface area contributed by atoms with E-state index in [0.717, 1.165) is 37.8 Å². The van der Waals surface area contributed by atoms with E-state index >= 15 is 0 Å². The molecule has 4 N–H and O–H groups in total. The first kappa shape index (κ1) is 15.2. The molecule has 112 valence electrons. The number of nitrogens with one attached hydrogen (secondary N) is 1. The number of nitrogens with two attached hydrogens (primary N) is 1. The van der Waals surface area contributed by atoms with Crippen LogP contribution >= 0.6 is 0 Å². The first-order valence-electron chi connectivity index (χ1n) is 6.54. The number of aliphatic hydroxyl groups excluding tert-OH is 1. The number of aliphatic hydroxyl groups is 1. The summed E-state index contributed by atoms with van der Waals surface area (Å²) in [7, 11) is -3.82. The average Bonchev–Trinajstić information content (AvgIpc) is 2.85. The van der Waals surface area contributed by atoms with E-state index in [2.05, 4.69) is 4.72 Å². The van der Waals surface area contributed by atoms with Crippen molar-refractivity contribution in [3.8, 4) is 0 Å². The highest BCUT2D eigenvalue weighted by Gasteiger charge is 2.34. The van der Waals surface area contributed by atoms with Crippen LogP contribution in [0.25, 0.3) is 0 Å². The number of anilines is 1. The maximum atomic E-state index is 13.2. The molecule has 2 rings (SSSR count). The van der Waals surface area contributed by atoms with Crippen LogP contribution in [0.1, 0.15) is 25.7 Å². The zero-order valence-corrected chi connectivity index (χ0v) is 11.9. The van der Waals surface area contributed by atoms with Crippen molar-refractivity contribution < 1.29 is 17.9 Å². The minimum absolute atomic E-state index is 0.0548. The summed E-state index contributed by atoms with van der Waals surface area (Å²) in [4.78, 5) is -0.193. The molecule has 0 saturated heterocycles. The number of sulfonamides is 1. The molecule has 1 fully saturated rings. The van der Waals surface area contributed by atoms with Gasteiger partial charge in [0.05, 0.1) is 4.90 Å². The van der Waals surface area contributed by atoms with Gasteiger partial charge in [-0.3, -0.25) is 0 Å². The number of rotatable bonds is 5. The third kappa shape index (κ3) is 3.28. The molecule has 0 aliphatic heterocycles. The van der Waals surface area contributed by atoms with Crippen LogP contribution in [0.2, 0.25) is 0 Å². The number of benzene rings is 1. The molecule has 5 nitrogen and oxygen atoms in total. The smallest absolute Gasteiger partial charge is 0.240 e. The van der Waals surface area contributed by atoms with Gasteiger partial charge in [0.1, 0.15) is 5.82 Å². The van der Waals surface area contributed by atoms with Crippen LogP contribution in [0.15, 0.2) is 23.1 Å². The Hall–Kier alpha value is -1.18. The number of nitrogen functional groups attached to an aromatic ring is 1. The van der Waals surface area contributed by atoms with E-state index in [1.807, 2.05) is 0 Å². The Morgan fingerprint density at radius 2 is 1.95 bits per heavy atom. The zero-order chi connectivity index (χ0) is 14.8. The van der Waals surface area contributed by atoms with Gasteiger partial charge in [0.15, 0.2) is 0 Å². The minimum atomic E-state index is -3.82. The van der Waals surface area contributed by atoms with Crippen LogP contribution in [-0.4, -0.2) is 26.7 Å². The summed E-state index contributed by atoms with van der Waals surface area (Å²) < 4.78 is 40.0. The maximum Gasteiger partial charge on any atom is 0.240 e. The molecular formula is C13H19FN2O3S. The van der Waals surface area contributed by atoms with Crippen LogP contribution in [0.3, 0.4) is 0 Å². The highest BCUT2D eigenvalue weighted by Crippen LogP contribution is 2.37. The fraction of sp³-hybridized carbons (Fsp3) is 0.538. The molecule has 20 heavy (non-hydrogen) atoms. The molecule has 0 aromatic heterocycles. The van der Waals surface area contributed by atoms with Crippen LogP contribution in [0, 0.1) is 11.2 Å². The van der Waals surface area contributed by atoms with Crippen molar-refractivity contribution in [2.24, 2.45) is 5.41 Å². The molecule has 0 radical (unpaired) electrons. The lowest BCUT2D eigenvalue weighted by Crippen LogP contribution is -2.38. The molecule has 7 heteroatoms. The van der Waals surface area contributed by atoms with Crippen LogP contribution in [-0.2, 0) is 10.0 Å². The van der Waals surface area contributed by atoms with E-state index in [0.29, 0.717) is 0 Å². The number of halogens is 1. The van der Waals surface area contributed by atoms with Gasteiger partial charge < -0.3 is 10.8 Å². The Bertz CT molecular complexity index is 563. The predicted molar refractivity (Wildman–Crippen MR) is 74.0 cm³/mol. The topological polar surface area (TPSA) is 92.4 Å². The molecule has 0 spiro atoms. The summed E-state index contributed by atoms with van der Waals surface area (Å²) in [5.41, 5.74) is 5.12. The second-order valence-corrected chi connectivity index (χ2v) is 7.18. The normalized spacial score (nSPS) is 18.3. The molecule has 1 aromatic rings. The lowest BCUT2D eigenvalue weighted by molar-refractivity contribution is 0.134. The van der Waals surface area contributed by atoms with E-state index in [1.54, 1.807) is 0 Å². The van der Waals surface area contributed by atoms with Gasteiger partial charge in [0, 0.05) is 24.3 Å². The van der Waals surface area contributed by atoms with Crippen LogP contribution in [0.5, 0.6) is 0 Å². The second kappa shape index (κ2) is 5.67. The molecule has 1 aliphatic rings. The molecule has 0 unspecified atom stereocenters. The van der Waals surface area contributed by atoms with Gasteiger partial charge in [-0.1, -0.05) is 12.8 Å². The van der Waals surface area contributed by atoms with Crippen LogP contribution < -0.4 is 10.5 Å². The predicted octanol–water partition coefficient (Wildman–Crippen LogP) is 1.24. The van der Waals surface area contributed by atoms with Crippen molar-refractivity contribution in [2.75, 3.05) is 18.9 Å². The Morgan fingerprint density at radius 1 is 1.30 bits per heavy atom. The van der Waals surface area contributed by atoms with Gasteiger partial charge in [0.2, 0.25) is 10.0 Å². The third-order valence-corrected chi connectivity index (χ3v) is 5.22. The van der Waals surface area contributed by atoms with Gasteiger partial charge in [-0.05, 0) is 31.0 Å². The van der Waals surface area contributed by atoms with Crippen molar-refractivity contribution in [1.29, 1.82) is 0 Å². The van der Waals surface area contributed by atoms with Gasteiger partial charge in [-0.15, -0.1) is 0 Å². The van der Waals surface area contributed by atoms with E-state index < -0.39 is 21.3 Å². The van der Waals surface area contributed by atoms with Gasteiger partial charge in [-0.2, -0.15) is 0 Å². The lowest BCUT2D eigenvalue weighted by Gasteiger charge is -2.26. The zero-order valence-electron chi connectivity index (χ0n) is 11.1. The Balaban J connectivity index is 2.15. The van der Waals surface area contributed by atoms with E-state index in [1.165, 1.54) is 6.07 Å². The Labute approximate surface area is 118 Å². The molecule has 1 aliphatic carbocycles. The first-order valence-corrected chi connectivity index (χ1v) is 8.02. The van der Waals surface area contributed by atoms with Crippen LogP contribution in [0.4, 0.5) is 10.1 Å². The Morgan fingerprint density at radius 3 is 2.50 bits per heavy atom. The summed E-state index contributed by atoms with van der Waals surface area (Å²) in [6.45, 7) is 0.100. The van der Waals surface area contributed by atoms with Crippen molar-refractivity contribution in [1.82, 2.24) is 4.72 Å². The maximum absolute atomic E-state index is 13.2. The van der Waals surface area contributed by atoms with Gasteiger partial charge in [-0.25, -0.2) is 17.5 Å². The van der Waals surface area contributed by atoms with Gasteiger partial charge in [0.25, 0.3) is 0 Å². The summed E-state index contributed by atoms with van der Waals surface area (Å²) >= 11 is 0. The van der Waals surface area contributed by atoms with E-state index in [9.17, 15) is 17.9 Å². The fourth-order valence-corrected chi connectivity index (χ4v) is 3.81. The van der Waals surface area contributed by atoms with Crippen molar-refractivity contribution in [3.05, 3.63) is 24.0 Å². The van der Waals surface area contributed by atoms with Crippen molar-refractivity contribution in [3.63, 3.8) is 0 Å². The van der Waals surface area contributed by atoms with Gasteiger partial charge >= 0.3 is 0 Å². The number of hydrogen-bond acceptors (Lipinski definition) is 4. The Kier molecular flexibility index (Phi) is 4.31. The van der Waals surface area contributed by atoms with E-state index in [-0.39, 0.29) is 23.7 Å². The molecular weight excluding hydrogens is 283 g/mol. The monoisotopic (exact) mass is 302 g/mol. The molecule has 1 aromatic carbocycles. The summed E-state index contributed by atoms with van der Waals surface area (Å²) in [6.07, 6.45) is 3.54. The molecule has 0 heterocycles. The summed E-state index contributed by atoms with van der Waals surface area (Å²) in [6, 6.07) is 3.20. The quantitative estimate of drug-likeness (QED) is 0.714. The highest BCUT2D eigenvalue weighted by molar-refractivity contribution is 7.89. The summed E-state index contributed by atoms with van der Waals surface area (Å²) in [5.74, 6) is -0.692. The molecule has 0 atom stereocenters. The molecule has 0 bridgehead atoms. The van der Waals surface area contributed by atoms with E-state index in [4.69, 9.17) is 5.73 Å². The molecule has 0 amide bonds. The fourth-order valence-electron chi connectivity index (χ4n) is 2.59. The first-order chi connectivity index (χ1) is 9.37. The number of hydrogen-bond donors (Lipinski definition) is 3. The lowest BCUT2D eigenvalue weighted by atomic mass is 9.88. The molecule has 1 saturated carbocycles. The minimum Gasteiger partial charge on any atom is -0.399 e. The SMILES string of the molecule is Nc1cc(F)cc(S(=O)(=O)NCC2(CO)CCCC2)c1. The average molecular weight is 302 g/mol. The summed E-state index contributed by atoms with van der Waals surface area (Å²) in [5, 5.41) is 9.46. The third-order valence-electron chi connectivity index (χ3n) is 3.84. The second-order valence-electron chi connectivity index (χ2n) is 5.41. The largest absolute Gasteiger partial charge is 0.399 e.